The van der Waals surface area contributed by atoms with Crippen LogP contribution in [0.3, 0.4) is 0 Å². The summed E-state index contributed by atoms with van der Waals surface area (Å²) in [5, 5.41) is 11.4. The standard InChI is InChI=1S/C11H22NO5P/c1-4-16-18(15,17-5-2)9-7-6-8-12-10(3)11(13)14/h6-7,10,12H,4-5,8-9H2,1-3H3,(H,13,14). The summed E-state index contributed by atoms with van der Waals surface area (Å²) in [7, 11) is -3.03. The summed E-state index contributed by atoms with van der Waals surface area (Å²) in [6, 6.07) is -0.611. The second-order valence-electron chi connectivity index (χ2n) is 3.57. The molecule has 7 heteroatoms. The van der Waals surface area contributed by atoms with Crippen LogP contribution in [0.2, 0.25) is 0 Å². The van der Waals surface area contributed by atoms with Gasteiger partial charge in [-0.1, -0.05) is 12.2 Å². The molecule has 0 bridgehead atoms. The molecule has 0 aliphatic rings. The number of carboxylic acid groups (broad SMARTS) is 1. The van der Waals surface area contributed by atoms with Gasteiger partial charge in [-0.25, -0.2) is 0 Å². The van der Waals surface area contributed by atoms with Crippen molar-refractivity contribution in [3.05, 3.63) is 12.2 Å². The fraction of sp³-hybridized carbons (Fsp3) is 0.727. The lowest BCUT2D eigenvalue weighted by Crippen LogP contribution is -2.33. The third kappa shape index (κ3) is 7.61. The Hall–Kier alpha value is -0.680. The molecular formula is C11H22NO5P. The molecule has 0 aromatic rings. The third-order valence-electron chi connectivity index (χ3n) is 2.06. The number of carbonyl (C=O) groups is 1. The minimum absolute atomic E-state index is 0.192. The van der Waals surface area contributed by atoms with Gasteiger partial charge in [-0.2, -0.15) is 0 Å². The fourth-order valence-electron chi connectivity index (χ4n) is 1.16. The number of nitrogens with one attached hydrogen (secondary N) is 1. The minimum Gasteiger partial charge on any atom is -0.480 e. The van der Waals surface area contributed by atoms with Gasteiger partial charge in [0.1, 0.15) is 6.04 Å². The Morgan fingerprint density at radius 3 is 2.33 bits per heavy atom. The van der Waals surface area contributed by atoms with Gasteiger partial charge in [-0.15, -0.1) is 0 Å². The summed E-state index contributed by atoms with van der Waals surface area (Å²) in [6.45, 7) is 6.13. The second kappa shape index (κ2) is 9.28. The molecule has 2 N–H and O–H groups in total. The van der Waals surface area contributed by atoms with E-state index in [2.05, 4.69) is 5.32 Å². The van der Waals surface area contributed by atoms with Crippen molar-refractivity contribution in [3.8, 4) is 0 Å². The van der Waals surface area contributed by atoms with E-state index in [1.165, 1.54) is 0 Å². The largest absolute Gasteiger partial charge is 0.480 e. The first kappa shape index (κ1) is 17.3. The fourth-order valence-corrected chi connectivity index (χ4v) is 2.63. The molecule has 0 aromatic heterocycles. The van der Waals surface area contributed by atoms with Gasteiger partial charge >= 0.3 is 13.6 Å². The Morgan fingerprint density at radius 1 is 1.33 bits per heavy atom. The maximum atomic E-state index is 12.0. The van der Waals surface area contributed by atoms with Crippen LogP contribution in [0.25, 0.3) is 0 Å². The molecule has 0 heterocycles. The average molecular weight is 279 g/mol. The van der Waals surface area contributed by atoms with Gasteiger partial charge in [0.25, 0.3) is 0 Å². The summed E-state index contributed by atoms with van der Waals surface area (Å²) in [5.74, 6) is -0.905. The van der Waals surface area contributed by atoms with E-state index in [1.54, 1.807) is 32.9 Å². The van der Waals surface area contributed by atoms with Crippen LogP contribution in [0, 0.1) is 0 Å². The van der Waals surface area contributed by atoms with Crippen LogP contribution in [0.5, 0.6) is 0 Å². The zero-order chi connectivity index (χ0) is 14.0. The molecule has 0 amide bonds. The van der Waals surface area contributed by atoms with Gasteiger partial charge in [-0.05, 0) is 20.8 Å². The topological polar surface area (TPSA) is 84.9 Å². The lowest BCUT2D eigenvalue weighted by Gasteiger charge is -2.14. The first-order valence-electron chi connectivity index (χ1n) is 5.94. The molecule has 0 aliphatic heterocycles. The molecule has 18 heavy (non-hydrogen) atoms. The monoisotopic (exact) mass is 279 g/mol. The van der Waals surface area contributed by atoms with Gasteiger partial charge in [0, 0.05) is 6.54 Å². The zero-order valence-corrected chi connectivity index (χ0v) is 12.0. The number of hydrogen-bond donors (Lipinski definition) is 2. The minimum atomic E-state index is -3.03. The first-order chi connectivity index (χ1) is 8.45. The highest BCUT2D eigenvalue weighted by Crippen LogP contribution is 2.47. The lowest BCUT2D eigenvalue weighted by molar-refractivity contribution is -0.138. The maximum absolute atomic E-state index is 12.0. The highest BCUT2D eigenvalue weighted by atomic mass is 31.2. The van der Waals surface area contributed by atoms with E-state index >= 15 is 0 Å². The van der Waals surface area contributed by atoms with E-state index < -0.39 is 19.6 Å². The molecule has 0 saturated heterocycles. The Labute approximate surface area is 108 Å². The molecule has 0 rings (SSSR count). The summed E-state index contributed by atoms with van der Waals surface area (Å²) in [6.07, 6.45) is 3.58. The Kier molecular flexibility index (Phi) is 8.93. The predicted octanol–water partition coefficient (Wildman–Crippen LogP) is 1.87. The van der Waals surface area contributed by atoms with E-state index in [-0.39, 0.29) is 6.16 Å². The van der Waals surface area contributed by atoms with Crippen LogP contribution in [-0.2, 0) is 18.4 Å². The maximum Gasteiger partial charge on any atom is 0.334 e. The van der Waals surface area contributed by atoms with E-state index in [9.17, 15) is 9.36 Å². The highest BCUT2D eigenvalue weighted by Gasteiger charge is 2.20. The van der Waals surface area contributed by atoms with Crippen LogP contribution in [0.15, 0.2) is 12.2 Å². The molecule has 0 saturated carbocycles. The number of aliphatic carboxylic acids is 1. The quantitative estimate of drug-likeness (QED) is 0.469. The normalized spacial score (nSPS) is 13.9. The molecule has 1 atom stereocenters. The van der Waals surface area contributed by atoms with Gasteiger partial charge in [0.2, 0.25) is 0 Å². The number of hydrogen-bond acceptors (Lipinski definition) is 5. The molecular weight excluding hydrogens is 257 g/mol. The lowest BCUT2D eigenvalue weighted by atomic mass is 10.3. The van der Waals surface area contributed by atoms with Crippen molar-refractivity contribution in [2.75, 3.05) is 25.9 Å². The van der Waals surface area contributed by atoms with Gasteiger partial charge < -0.3 is 19.5 Å². The summed E-state index contributed by atoms with van der Waals surface area (Å²) < 4.78 is 22.2. The molecule has 106 valence electrons. The molecule has 0 aromatic carbocycles. The van der Waals surface area contributed by atoms with E-state index in [0.29, 0.717) is 19.8 Å². The highest BCUT2D eigenvalue weighted by molar-refractivity contribution is 7.54. The van der Waals surface area contributed by atoms with Crippen molar-refractivity contribution in [1.29, 1.82) is 0 Å². The number of carboxylic acids is 1. The van der Waals surface area contributed by atoms with Gasteiger partial charge in [0.05, 0.1) is 19.4 Å². The van der Waals surface area contributed by atoms with Crippen LogP contribution in [0.4, 0.5) is 0 Å². The summed E-state index contributed by atoms with van der Waals surface area (Å²) >= 11 is 0. The van der Waals surface area contributed by atoms with Crippen LogP contribution in [-0.4, -0.2) is 43.0 Å². The number of rotatable bonds is 10. The van der Waals surface area contributed by atoms with Crippen molar-refractivity contribution >= 4 is 13.6 Å². The molecule has 0 spiro atoms. The second-order valence-corrected chi connectivity index (χ2v) is 5.67. The predicted molar refractivity (Wildman–Crippen MR) is 70.0 cm³/mol. The van der Waals surface area contributed by atoms with Crippen molar-refractivity contribution in [3.63, 3.8) is 0 Å². The van der Waals surface area contributed by atoms with Gasteiger partial charge in [0.15, 0.2) is 0 Å². The van der Waals surface area contributed by atoms with Crippen LogP contribution < -0.4 is 5.32 Å². The third-order valence-corrected chi connectivity index (χ3v) is 4.02. The smallest absolute Gasteiger partial charge is 0.334 e. The number of allylic oxidation sites excluding steroid dienone is 1. The van der Waals surface area contributed by atoms with E-state index in [0.717, 1.165) is 0 Å². The van der Waals surface area contributed by atoms with Crippen molar-refractivity contribution in [2.45, 2.75) is 26.8 Å². The first-order valence-corrected chi connectivity index (χ1v) is 7.67. The van der Waals surface area contributed by atoms with Gasteiger partial charge in [-0.3, -0.25) is 9.36 Å². The van der Waals surface area contributed by atoms with E-state index in [1.807, 2.05) is 0 Å². The molecule has 1 unspecified atom stereocenters. The molecule has 0 radical (unpaired) electrons. The van der Waals surface area contributed by atoms with E-state index in [4.69, 9.17) is 14.2 Å². The summed E-state index contributed by atoms with van der Waals surface area (Å²) in [5.41, 5.74) is 0. The molecule has 0 aliphatic carbocycles. The van der Waals surface area contributed by atoms with Crippen molar-refractivity contribution in [2.24, 2.45) is 0 Å². The summed E-state index contributed by atoms with van der Waals surface area (Å²) in [4.78, 5) is 10.5. The Bertz CT molecular complexity index is 309. The molecule has 6 nitrogen and oxygen atoms in total. The van der Waals surface area contributed by atoms with Crippen molar-refractivity contribution < 1.29 is 23.5 Å². The zero-order valence-electron chi connectivity index (χ0n) is 11.1. The van der Waals surface area contributed by atoms with Crippen LogP contribution >= 0.6 is 7.60 Å². The Morgan fingerprint density at radius 2 is 1.89 bits per heavy atom. The Balaban J connectivity index is 4.04. The van der Waals surface area contributed by atoms with Crippen LogP contribution in [0.1, 0.15) is 20.8 Å². The SMILES string of the molecule is CCOP(=O)(CC=CCNC(C)C(=O)O)OCC. The van der Waals surface area contributed by atoms with Crippen molar-refractivity contribution in [1.82, 2.24) is 5.32 Å². The average Bonchev–Trinajstić information content (AvgIpc) is 2.28. The molecule has 0 fully saturated rings.